The van der Waals surface area contributed by atoms with Gasteiger partial charge in [-0.1, -0.05) is 29.8 Å². The van der Waals surface area contributed by atoms with Crippen molar-refractivity contribution < 1.29 is 14.3 Å². The van der Waals surface area contributed by atoms with Crippen LogP contribution in [0.15, 0.2) is 24.3 Å². The summed E-state index contributed by atoms with van der Waals surface area (Å²) in [6.45, 7) is 3.03. The SMILES string of the molecule is Cc1ccc(CN2C(=O)CC[C@H]2C(=O)OCC2CC2)cc1. The molecule has 1 amide bonds. The molecule has 0 spiro atoms. The number of amides is 1. The van der Waals surface area contributed by atoms with E-state index in [2.05, 4.69) is 0 Å². The highest BCUT2D eigenvalue weighted by molar-refractivity contribution is 5.88. The van der Waals surface area contributed by atoms with Crippen molar-refractivity contribution in [2.24, 2.45) is 5.92 Å². The van der Waals surface area contributed by atoms with Crippen LogP contribution in [0.1, 0.15) is 36.8 Å². The summed E-state index contributed by atoms with van der Waals surface area (Å²) < 4.78 is 5.35. The molecule has 112 valence electrons. The molecule has 4 heteroatoms. The Hall–Kier alpha value is -1.84. The lowest BCUT2D eigenvalue weighted by Crippen LogP contribution is -2.39. The van der Waals surface area contributed by atoms with Gasteiger partial charge in [0, 0.05) is 13.0 Å². The Kier molecular flexibility index (Phi) is 3.95. The number of aryl methyl sites for hydroxylation is 1. The van der Waals surface area contributed by atoms with Crippen molar-refractivity contribution in [3.05, 3.63) is 35.4 Å². The first-order valence-corrected chi connectivity index (χ1v) is 7.65. The second-order valence-electron chi connectivity index (χ2n) is 6.14. The van der Waals surface area contributed by atoms with Gasteiger partial charge in [-0.15, -0.1) is 0 Å². The van der Waals surface area contributed by atoms with Gasteiger partial charge >= 0.3 is 5.97 Å². The van der Waals surface area contributed by atoms with E-state index in [1.807, 2.05) is 31.2 Å². The van der Waals surface area contributed by atoms with Gasteiger partial charge in [0.05, 0.1) is 6.61 Å². The number of rotatable bonds is 5. The topological polar surface area (TPSA) is 46.6 Å². The van der Waals surface area contributed by atoms with Gasteiger partial charge in [0.1, 0.15) is 6.04 Å². The average molecular weight is 287 g/mol. The summed E-state index contributed by atoms with van der Waals surface area (Å²) in [5.41, 5.74) is 2.24. The van der Waals surface area contributed by atoms with Crippen molar-refractivity contribution in [2.45, 2.75) is 45.2 Å². The smallest absolute Gasteiger partial charge is 0.328 e. The second kappa shape index (κ2) is 5.88. The molecule has 1 saturated heterocycles. The zero-order chi connectivity index (χ0) is 14.8. The van der Waals surface area contributed by atoms with E-state index in [0.717, 1.165) is 18.4 Å². The molecule has 1 heterocycles. The molecule has 1 atom stereocenters. The van der Waals surface area contributed by atoms with E-state index < -0.39 is 6.04 Å². The molecule has 1 aromatic carbocycles. The first-order valence-electron chi connectivity index (χ1n) is 7.65. The van der Waals surface area contributed by atoms with Crippen molar-refractivity contribution in [3.8, 4) is 0 Å². The summed E-state index contributed by atoms with van der Waals surface area (Å²) >= 11 is 0. The zero-order valence-electron chi connectivity index (χ0n) is 12.4. The standard InChI is InChI=1S/C17H21NO3/c1-12-2-4-13(5-3-12)10-18-15(8-9-16(18)19)17(20)21-11-14-6-7-14/h2-5,14-15H,6-11H2,1H3/t15-/m0/s1. The van der Waals surface area contributed by atoms with Crippen LogP contribution >= 0.6 is 0 Å². The maximum atomic E-state index is 12.2. The maximum absolute atomic E-state index is 12.2. The van der Waals surface area contributed by atoms with Gasteiger partial charge in [-0.2, -0.15) is 0 Å². The van der Waals surface area contributed by atoms with Crippen LogP contribution in [0.25, 0.3) is 0 Å². The predicted molar refractivity (Wildman–Crippen MR) is 78.4 cm³/mol. The molecule has 1 saturated carbocycles. The lowest BCUT2D eigenvalue weighted by atomic mass is 10.1. The largest absolute Gasteiger partial charge is 0.464 e. The van der Waals surface area contributed by atoms with E-state index in [9.17, 15) is 9.59 Å². The van der Waals surface area contributed by atoms with Crippen molar-refractivity contribution in [1.82, 2.24) is 4.90 Å². The molecule has 1 aliphatic heterocycles. The van der Waals surface area contributed by atoms with Crippen LogP contribution in [0.2, 0.25) is 0 Å². The minimum Gasteiger partial charge on any atom is -0.464 e. The van der Waals surface area contributed by atoms with E-state index in [1.165, 1.54) is 5.56 Å². The molecule has 0 radical (unpaired) electrons. The first-order chi connectivity index (χ1) is 10.1. The molecule has 1 aromatic rings. The van der Waals surface area contributed by atoms with Gasteiger partial charge in [0.25, 0.3) is 0 Å². The fourth-order valence-corrected chi connectivity index (χ4v) is 2.65. The second-order valence-corrected chi connectivity index (χ2v) is 6.14. The van der Waals surface area contributed by atoms with Crippen LogP contribution in [0.4, 0.5) is 0 Å². The minimum atomic E-state index is -0.405. The summed E-state index contributed by atoms with van der Waals surface area (Å²) in [6.07, 6.45) is 3.33. The van der Waals surface area contributed by atoms with Crippen LogP contribution in [-0.2, 0) is 20.9 Å². The minimum absolute atomic E-state index is 0.0453. The molecule has 0 bridgehead atoms. The quantitative estimate of drug-likeness (QED) is 0.781. The van der Waals surface area contributed by atoms with Crippen LogP contribution in [-0.4, -0.2) is 29.4 Å². The third kappa shape index (κ3) is 3.43. The van der Waals surface area contributed by atoms with Gasteiger partial charge in [-0.05, 0) is 37.7 Å². The first kappa shape index (κ1) is 14.1. The summed E-state index contributed by atoms with van der Waals surface area (Å²) in [4.78, 5) is 25.9. The molecule has 3 rings (SSSR count). The molecule has 2 fully saturated rings. The van der Waals surface area contributed by atoms with E-state index in [1.54, 1.807) is 4.90 Å². The molecular weight excluding hydrogens is 266 g/mol. The van der Waals surface area contributed by atoms with E-state index >= 15 is 0 Å². The Morgan fingerprint density at radius 3 is 2.62 bits per heavy atom. The van der Waals surface area contributed by atoms with Crippen LogP contribution in [0, 0.1) is 12.8 Å². The summed E-state index contributed by atoms with van der Waals surface area (Å²) in [7, 11) is 0. The fourth-order valence-electron chi connectivity index (χ4n) is 2.65. The highest BCUT2D eigenvalue weighted by atomic mass is 16.5. The Morgan fingerprint density at radius 1 is 1.24 bits per heavy atom. The summed E-state index contributed by atoms with van der Waals surface area (Å²) in [6, 6.07) is 7.66. The maximum Gasteiger partial charge on any atom is 0.328 e. The van der Waals surface area contributed by atoms with Gasteiger partial charge in [-0.25, -0.2) is 4.79 Å². The van der Waals surface area contributed by atoms with Gasteiger partial charge < -0.3 is 9.64 Å². The molecule has 0 N–H and O–H groups in total. The Morgan fingerprint density at radius 2 is 1.95 bits per heavy atom. The number of likely N-dealkylation sites (tertiary alicyclic amines) is 1. The Bertz CT molecular complexity index is 533. The van der Waals surface area contributed by atoms with E-state index in [-0.39, 0.29) is 11.9 Å². The summed E-state index contributed by atoms with van der Waals surface area (Å²) in [5, 5.41) is 0. The van der Waals surface area contributed by atoms with Crippen LogP contribution in [0.3, 0.4) is 0 Å². The normalized spacial score (nSPS) is 21.7. The summed E-state index contributed by atoms with van der Waals surface area (Å²) in [5.74, 6) is 0.361. The lowest BCUT2D eigenvalue weighted by Gasteiger charge is -2.23. The zero-order valence-corrected chi connectivity index (χ0v) is 12.4. The Balaban J connectivity index is 1.63. The van der Waals surface area contributed by atoms with Gasteiger partial charge in [0.15, 0.2) is 0 Å². The van der Waals surface area contributed by atoms with Crippen LogP contribution in [0.5, 0.6) is 0 Å². The van der Waals surface area contributed by atoms with Crippen molar-refractivity contribution in [3.63, 3.8) is 0 Å². The van der Waals surface area contributed by atoms with Crippen molar-refractivity contribution >= 4 is 11.9 Å². The molecule has 2 aliphatic rings. The molecular formula is C17H21NO3. The monoisotopic (exact) mass is 287 g/mol. The molecule has 1 aliphatic carbocycles. The third-order valence-electron chi connectivity index (χ3n) is 4.23. The Labute approximate surface area is 125 Å². The predicted octanol–water partition coefficient (Wildman–Crippen LogP) is 2.44. The molecule has 21 heavy (non-hydrogen) atoms. The van der Waals surface area contributed by atoms with Crippen molar-refractivity contribution in [1.29, 1.82) is 0 Å². The van der Waals surface area contributed by atoms with Gasteiger partial charge in [-0.3, -0.25) is 4.79 Å². The number of hydrogen-bond donors (Lipinski definition) is 0. The van der Waals surface area contributed by atoms with Crippen LogP contribution < -0.4 is 0 Å². The number of carbonyl (C=O) groups is 2. The number of benzene rings is 1. The number of hydrogen-bond acceptors (Lipinski definition) is 3. The molecule has 4 nitrogen and oxygen atoms in total. The molecule has 0 unspecified atom stereocenters. The molecule has 0 aromatic heterocycles. The van der Waals surface area contributed by atoms with Crippen molar-refractivity contribution in [2.75, 3.05) is 6.61 Å². The number of carbonyl (C=O) groups excluding carboxylic acids is 2. The number of ether oxygens (including phenoxy) is 1. The third-order valence-corrected chi connectivity index (χ3v) is 4.23. The van der Waals surface area contributed by atoms with E-state index in [0.29, 0.717) is 31.9 Å². The average Bonchev–Trinajstić information content (AvgIpc) is 3.24. The fraction of sp³-hybridized carbons (Fsp3) is 0.529. The highest BCUT2D eigenvalue weighted by Gasteiger charge is 2.37. The lowest BCUT2D eigenvalue weighted by molar-refractivity contribution is -0.152. The van der Waals surface area contributed by atoms with Gasteiger partial charge in [0.2, 0.25) is 5.91 Å². The van der Waals surface area contributed by atoms with E-state index in [4.69, 9.17) is 4.74 Å². The highest BCUT2D eigenvalue weighted by Crippen LogP contribution is 2.30. The number of nitrogens with zero attached hydrogens (tertiary/aromatic N) is 1. The number of esters is 1.